The van der Waals surface area contributed by atoms with Crippen molar-refractivity contribution in [2.24, 2.45) is 11.8 Å². The molecule has 3 fully saturated rings. The Morgan fingerprint density at radius 1 is 1.32 bits per heavy atom. The lowest BCUT2D eigenvalue weighted by Crippen LogP contribution is -2.65. The van der Waals surface area contributed by atoms with Gasteiger partial charge >= 0.3 is 0 Å². The predicted molar refractivity (Wildman–Crippen MR) is 116 cm³/mol. The summed E-state index contributed by atoms with van der Waals surface area (Å²) in [5, 5.41) is 36.3. The van der Waals surface area contributed by atoms with Gasteiger partial charge in [-0.25, -0.2) is 0 Å². The van der Waals surface area contributed by atoms with Gasteiger partial charge in [-0.2, -0.15) is 0 Å². The van der Waals surface area contributed by atoms with E-state index in [2.05, 4.69) is 10.6 Å². The van der Waals surface area contributed by atoms with Crippen LogP contribution in [0.3, 0.4) is 0 Å². The Morgan fingerprint density at radius 3 is 2.71 bits per heavy atom. The van der Waals surface area contributed by atoms with Gasteiger partial charge in [0.1, 0.15) is 35.9 Å². The molecule has 8 nitrogen and oxygen atoms in total. The Hall–Kier alpha value is -0.200. The fourth-order valence-corrected chi connectivity index (χ4v) is 5.77. The molecule has 31 heavy (non-hydrogen) atoms. The van der Waals surface area contributed by atoms with Crippen LogP contribution in [0.25, 0.3) is 0 Å². The van der Waals surface area contributed by atoms with Gasteiger partial charge in [0, 0.05) is 13.2 Å². The third-order valence-corrected chi connectivity index (χ3v) is 7.79. The SMILES string of the molecule is CSC1O[C@H]([C@H](NC(=O)[C@H]2NC[C@@H]3C[C@H](CCF)CCO[C@H]32)[C@H](C)Cl)C(O)C(O)[C@H]1O. The van der Waals surface area contributed by atoms with Crippen molar-refractivity contribution in [3.8, 4) is 0 Å². The Morgan fingerprint density at radius 2 is 2.06 bits per heavy atom. The highest BCUT2D eigenvalue weighted by Crippen LogP contribution is 2.33. The van der Waals surface area contributed by atoms with Crippen LogP contribution in [-0.2, 0) is 14.3 Å². The number of carbonyl (C=O) groups is 1. The van der Waals surface area contributed by atoms with Crippen LogP contribution in [0.2, 0.25) is 0 Å². The summed E-state index contributed by atoms with van der Waals surface area (Å²) in [6.07, 6.45) is -1.57. The Kier molecular flexibility index (Phi) is 9.26. The molecule has 180 valence electrons. The fourth-order valence-electron chi connectivity index (χ4n) is 4.89. The van der Waals surface area contributed by atoms with E-state index in [0.717, 1.165) is 12.8 Å². The van der Waals surface area contributed by atoms with Crippen LogP contribution in [-0.4, -0.2) is 101 Å². The van der Waals surface area contributed by atoms with Crippen LogP contribution < -0.4 is 10.6 Å². The topological polar surface area (TPSA) is 120 Å². The van der Waals surface area contributed by atoms with E-state index in [9.17, 15) is 24.5 Å². The molecule has 5 N–H and O–H groups in total. The number of alkyl halides is 2. The number of nitrogens with one attached hydrogen (secondary N) is 2. The molecule has 0 spiro atoms. The molecule has 3 aliphatic rings. The smallest absolute Gasteiger partial charge is 0.240 e. The van der Waals surface area contributed by atoms with Crippen molar-refractivity contribution in [2.45, 2.75) is 79.6 Å². The molecule has 11 heteroatoms. The molecule has 0 aliphatic carbocycles. The number of ether oxygens (including phenoxy) is 2. The zero-order valence-corrected chi connectivity index (χ0v) is 19.4. The van der Waals surface area contributed by atoms with Gasteiger partial charge in [0.2, 0.25) is 5.91 Å². The van der Waals surface area contributed by atoms with Crippen LogP contribution in [0.15, 0.2) is 0 Å². The summed E-state index contributed by atoms with van der Waals surface area (Å²) in [6, 6.07) is -1.40. The molecule has 3 rings (SSSR count). The van der Waals surface area contributed by atoms with Crippen LogP contribution in [0.1, 0.15) is 26.2 Å². The third-order valence-electron chi connectivity index (χ3n) is 6.66. The van der Waals surface area contributed by atoms with Crippen LogP contribution in [0.4, 0.5) is 4.39 Å². The van der Waals surface area contributed by atoms with Gasteiger partial charge in [-0.1, -0.05) is 0 Å². The van der Waals surface area contributed by atoms with E-state index >= 15 is 0 Å². The molecule has 11 atom stereocenters. The van der Waals surface area contributed by atoms with E-state index in [0.29, 0.717) is 19.6 Å². The zero-order chi connectivity index (χ0) is 22.7. The average molecular weight is 485 g/mol. The number of fused-ring (bicyclic) bond motifs is 1. The summed E-state index contributed by atoms with van der Waals surface area (Å²) >= 11 is 7.54. The Bertz CT molecular complexity index is 606. The molecule has 3 unspecified atom stereocenters. The van der Waals surface area contributed by atoms with Gasteiger partial charge in [-0.15, -0.1) is 23.4 Å². The number of rotatable bonds is 7. The van der Waals surface area contributed by atoms with Gasteiger partial charge < -0.3 is 35.4 Å². The molecular formula is C20H34ClFN2O6S. The number of halogens is 2. The molecule has 0 radical (unpaired) electrons. The van der Waals surface area contributed by atoms with E-state index in [-0.39, 0.29) is 30.5 Å². The second kappa shape index (κ2) is 11.3. The molecule has 3 heterocycles. The van der Waals surface area contributed by atoms with Crippen molar-refractivity contribution in [3.05, 3.63) is 0 Å². The minimum atomic E-state index is -1.42. The van der Waals surface area contributed by atoms with Gasteiger partial charge in [0.25, 0.3) is 0 Å². The first-order chi connectivity index (χ1) is 14.8. The van der Waals surface area contributed by atoms with Crippen molar-refractivity contribution in [1.29, 1.82) is 0 Å². The van der Waals surface area contributed by atoms with Crippen LogP contribution >= 0.6 is 23.4 Å². The molecule has 0 aromatic rings. The third kappa shape index (κ3) is 5.66. The van der Waals surface area contributed by atoms with Crippen LogP contribution in [0, 0.1) is 11.8 Å². The van der Waals surface area contributed by atoms with Gasteiger partial charge in [0.15, 0.2) is 0 Å². The van der Waals surface area contributed by atoms with E-state index < -0.39 is 47.3 Å². The predicted octanol–water partition coefficient (Wildman–Crippen LogP) is 0.0119. The minimum absolute atomic E-state index is 0.121. The molecule has 3 aliphatic heterocycles. The largest absolute Gasteiger partial charge is 0.388 e. The number of hydrogen-bond donors (Lipinski definition) is 5. The maximum atomic E-state index is 13.2. The van der Waals surface area contributed by atoms with E-state index in [1.165, 1.54) is 11.8 Å². The number of aliphatic hydroxyl groups is 3. The zero-order valence-electron chi connectivity index (χ0n) is 17.8. The Labute approximate surface area is 191 Å². The molecular weight excluding hydrogens is 451 g/mol. The van der Waals surface area contributed by atoms with Gasteiger partial charge in [0.05, 0.1) is 24.2 Å². The Balaban J connectivity index is 1.68. The number of thioether (sulfide) groups is 1. The fraction of sp³-hybridized carbons (Fsp3) is 0.950. The number of carbonyl (C=O) groups excluding carboxylic acids is 1. The number of aliphatic hydroxyl groups excluding tert-OH is 3. The average Bonchev–Trinajstić information content (AvgIpc) is 3.02. The second-order valence-electron chi connectivity index (χ2n) is 8.74. The highest BCUT2D eigenvalue weighted by atomic mass is 35.5. The van der Waals surface area contributed by atoms with E-state index in [1.54, 1.807) is 13.2 Å². The standard InChI is InChI=1S/C20H34ClFN2O6S/c1-9(21)12(18-15(26)14(25)16(27)20(30-18)31-2)24-19(28)13-17-11(8-23-13)7-10(3-5-22)4-6-29-17/h9-18,20,23,25-27H,3-8H2,1-2H3,(H,24,28)/t9-,10+,11-,12+,13-,14?,15?,16+,17+,18+,20?/m0/s1. The highest BCUT2D eigenvalue weighted by Gasteiger charge is 2.49. The quantitative estimate of drug-likeness (QED) is 0.321. The second-order valence-corrected chi connectivity index (χ2v) is 10.4. The van der Waals surface area contributed by atoms with Crippen molar-refractivity contribution >= 4 is 29.3 Å². The molecule has 0 saturated carbocycles. The lowest BCUT2D eigenvalue weighted by Gasteiger charge is -2.44. The van der Waals surface area contributed by atoms with Crippen LogP contribution in [0.5, 0.6) is 0 Å². The molecule has 0 aromatic carbocycles. The number of hydrogen-bond acceptors (Lipinski definition) is 8. The maximum Gasteiger partial charge on any atom is 0.240 e. The van der Waals surface area contributed by atoms with E-state index in [1.807, 2.05) is 0 Å². The van der Waals surface area contributed by atoms with Crippen molar-refractivity contribution in [1.82, 2.24) is 10.6 Å². The summed E-state index contributed by atoms with van der Waals surface area (Å²) in [5.41, 5.74) is -0.759. The lowest BCUT2D eigenvalue weighted by molar-refractivity contribution is -0.205. The summed E-state index contributed by atoms with van der Waals surface area (Å²) in [6.45, 7) is 2.41. The first-order valence-corrected chi connectivity index (χ1v) is 12.6. The summed E-state index contributed by atoms with van der Waals surface area (Å²) in [5.74, 6) is 0.0449. The first kappa shape index (κ1) is 25.4. The minimum Gasteiger partial charge on any atom is -0.388 e. The summed E-state index contributed by atoms with van der Waals surface area (Å²) in [7, 11) is 0. The summed E-state index contributed by atoms with van der Waals surface area (Å²) in [4.78, 5) is 13.2. The summed E-state index contributed by atoms with van der Waals surface area (Å²) < 4.78 is 24.6. The van der Waals surface area contributed by atoms with Crippen molar-refractivity contribution in [3.63, 3.8) is 0 Å². The molecule has 1 amide bonds. The van der Waals surface area contributed by atoms with Gasteiger partial charge in [-0.05, 0) is 44.3 Å². The normalized spacial score (nSPS) is 43.0. The van der Waals surface area contributed by atoms with Gasteiger partial charge in [-0.3, -0.25) is 9.18 Å². The molecule has 0 bridgehead atoms. The lowest BCUT2D eigenvalue weighted by atomic mass is 9.88. The van der Waals surface area contributed by atoms with Crippen molar-refractivity contribution in [2.75, 3.05) is 26.1 Å². The monoisotopic (exact) mass is 484 g/mol. The maximum absolute atomic E-state index is 13.2. The highest BCUT2D eigenvalue weighted by molar-refractivity contribution is 7.99. The van der Waals surface area contributed by atoms with E-state index in [4.69, 9.17) is 21.1 Å². The van der Waals surface area contributed by atoms with Crippen molar-refractivity contribution < 1.29 is 34.0 Å². The number of amides is 1. The first-order valence-electron chi connectivity index (χ1n) is 10.9. The molecule has 3 saturated heterocycles. The molecule has 0 aromatic heterocycles.